The Morgan fingerprint density at radius 1 is 0.441 bits per heavy atom. The van der Waals surface area contributed by atoms with Crippen molar-refractivity contribution in [2.45, 2.75) is 143 Å². The molecule has 0 spiro atoms. The van der Waals surface area contributed by atoms with Gasteiger partial charge in [-0.1, -0.05) is 95.8 Å². The quantitative estimate of drug-likeness (QED) is 0.0941. The number of rotatable bonds is 25. The van der Waals surface area contributed by atoms with Crippen LogP contribution < -0.4 is 0 Å². The summed E-state index contributed by atoms with van der Waals surface area (Å²) in [5.41, 5.74) is 0. The Bertz CT molecular complexity index is 473. The highest BCUT2D eigenvalue weighted by Crippen LogP contribution is 2.31. The molecule has 0 aliphatic heterocycles. The summed E-state index contributed by atoms with van der Waals surface area (Å²) in [5, 5.41) is 0. The van der Waals surface area contributed by atoms with Gasteiger partial charge in [0.25, 0.3) is 0 Å². The number of nitrogens with zero attached hydrogens (tertiary/aromatic N) is 1. The fourth-order valence-electron chi connectivity index (χ4n) is 4.82. The predicted molar refractivity (Wildman–Crippen MR) is 158 cm³/mol. The molecule has 1 heteroatoms. The molecule has 0 amide bonds. The Kier molecular flexibility index (Phi) is 26.1. The molecule has 0 aromatic carbocycles. The van der Waals surface area contributed by atoms with Crippen molar-refractivity contribution in [3.63, 3.8) is 0 Å². The van der Waals surface area contributed by atoms with Crippen LogP contribution in [-0.4, -0.2) is 25.5 Å². The third-order valence-electron chi connectivity index (χ3n) is 7.13. The zero-order chi connectivity index (χ0) is 25.1. The number of hydrogen-bond donors (Lipinski definition) is 0. The van der Waals surface area contributed by atoms with Gasteiger partial charge in [0, 0.05) is 0 Å². The van der Waals surface area contributed by atoms with E-state index in [1.165, 1.54) is 129 Å². The zero-order valence-corrected chi connectivity index (χ0v) is 24.2. The Balaban J connectivity index is 4.81. The second-order valence-corrected chi connectivity index (χ2v) is 10.7. The molecular weight excluding hydrogens is 410 g/mol. The molecule has 200 valence electrons. The van der Waals surface area contributed by atoms with Gasteiger partial charge in [-0.3, -0.25) is 0 Å². The fraction of sp³-hybridized carbons (Fsp3) is 0.818. The molecule has 0 N–H and O–H groups in total. The Labute approximate surface area is 216 Å². The zero-order valence-electron chi connectivity index (χ0n) is 24.2. The third-order valence-corrected chi connectivity index (χ3v) is 7.13. The molecule has 0 saturated heterocycles. The van der Waals surface area contributed by atoms with Gasteiger partial charge in [0.1, 0.15) is 0 Å². The number of unbranched alkanes of at least 4 members (excludes halogenated alkanes) is 9. The van der Waals surface area contributed by atoms with Crippen LogP contribution in [0.15, 0.2) is 36.5 Å². The lowest BCUT2D eigenvalue weighted by Crippen LogP contribution is -2.22. The minimum absolute atomic E-state index is 0.879. The summed E-state index contributed by atoms with van der Waals surface area (Å²) < 4.78 is 0. The number of hydrogen-bond acceptors (Lipinski definition) is 1. The Hall–Kier alpha value is -0.820. The maximum absolute atomic E-state index is 2.49. The van der Waals surface area contributed by atoms with Gasteiger partial charge in [0.05, 0.1) is 0 Å². The van der Waals surface area contributed by atoms with Crippen LogP contribution in [0.2, 0.25) is 0 Å². The summed E-state index contributed by atoms with van der Waals surface area (Å²) >= 11 is 0. The Morgan fingerprint density at radius 2 is 0.853 bits per heavy atom. The normalized spacial score (nSPS) is 14.3. The van der Waals surface area contributed by atoms with E-state index >= 15 is 0 Å². The van der Waals surface area contributed by atoms with E-state index in [1.54, 1.807) is 0 Å². The minimum Gasteiger partial charge on any atom is -0.309 e. The average molecular weight is 474 g/mol. The van der Waals surface area contributed by atoms with E-state index in [9.17, 15) is 0 Å². The van der Waals surface area contributed by atoms with Crippen molar-refractivity contribution in [1.29, 1.82) is 0 Å². The van der Waals surface area contributed by atoms with Crippen molar-refractivity contribution in [2.24, 2.45) is 11.8 Å². The molecule has 0 aliphatic carbocycles. The Morgan fingerprint density at radius 3 is 1.32 bits per heavy atom. The van der Waals surface area contributed by atoms with E-state index in [1.807, 2.05) is 0 Å². The summed E-state index contributed by atoms with van der Waals surface area (Å²) in [6, 6.07) is 0. The van der Waals surface area contributed by atoms with Crippen molar-refractivity contribution in [3.05, 3.63) is 36.5 Å². The molecule has 0 aliphatic rings. The molecule has 1 nitrogen and oxygen atoms in total. The van der Waals surface area contributed by atoms with Crippen LogP contribution in [0.5, 0.6) is 0 Å². The highest BCUT2D eigenvalue weighted by Gasteiger charge is 2.20. The molecule has 0 radical (unpaired) electrons. The van der Waals surface area contributed by atoms with Gasteiger partial charge in [0.2, 0.25) is 0 Å². The topological polar surface area (TPSA) is 3.24 Å². The van der Waals surface area contributed by atoms with Crippen LogP contribution in [0.1, 0.15) is 143 Å². The summed E-state index contributed by atoms with van der Waals surface area (Å²) in [6.45, 7) is 8.09. The van der Waals surface area contributed by atoms with Gasteiger partial charge in [-0.25, -0.2) is 0 Å². The van der Waals surface area contributed by atoms with Gasteiger partial charge in [-0.15, -0.1) is 0 Å². The highest BCUT2D eigenvalue weighted by atomic mass is 15.0. The molecule has 0 saturated carbocycles. The van der Waals surface area contributed by atoms with E-state index in [0.29, 0.717) is 0 Å². The molecule has 0 rings (SSSR count). The molecular formula is C33H63N. The molecule has 34 heavy (non-hydrogen) atoms. The number of allylic oxidation sites excluding steroid dienone is 6. The highest BCUT2D eigenvalue weighted by molar-refractivity contribution is 4.86. The standard InChI is InChI=1S/C33H63N/c1-6-9-12-15-18-21-24-27-32(28-25-22-19-16-13-10-7-2)33(30-31-34(4)5)29-26-23-20-17-14-11-8-3/h15,17-20,22,32-33H,6-14,16,21,23-31H2,1-5H3/b18-15+,20-17+,22-19+. The van der Waals surface area contributed by atoms with Gasteiger partial charge in [-0.2, -0.15) is 0 Å². The first-order valence-electron chi connectivity index (χ1n) is 15.2. The SMILES string of the molecule is CCCC/C=C/CCCC(CC/C=C/CCCCC)C(CCC/C=C/CCCC)CCN(C)C. The lowest BCUT2D eigenvalue weighted by Gasteiger charge is -2.28. The minimum atomic E-state index is 0.879. The maximum atomic E-state index is 2.49. The van der Waals surface area contributed by atoms with Crippen molar-refractivity contribution in [3.8, 4) is 0 Å². The average Bonchev–Trinajstić information content (AvgIpc) is 2.83. The van der Waals surface area contributed by atoms with E-state index < -0.39 is 0 Å². The molecule has 2 unspecified atom stereocenters. The summed E-state index contributed by atoms with van der Waals surface area (Å²) in [7, 11) is 4.48. The first-order chi connectivity index (χ1) is 16.7. The molecule has 0 fully saturated rings. The van der Waals surface area contributed by atoms with Crippen LogP contribution in [0.25, 0.3) is 0 Å². The van der Waals surface area contributed by atoms with Gasteiger partial charge >= 0.3 is 0 Å². The first kappa shape index (κ1) is 33.2. The van der Waals surface area contributed by atoms with Crippen molar-refractivity contribution >= 4 is 0 Å². The predicted octanol–water partition coefficient (Wildman–Crippen LogP) is 10.9. The van der Waals surface area contributed by atoms with Crippen LogP contribution >= 0.6 is 0 Å². The van der Waals surface area contributed by atoms with Gasteiger partial charge < -0.3 is 4.90 Å². The van der Waals surface area contributed by atoms with Gasteiger partial charge in [-0.05, 0) is 116 Å². The lowest BCUT2D eigenvalue weighted by atomic mass is 9.79. The van der Waals surface area contributed by atoms with E-state index in [2.05, 4.69) is 76.2 Å². The van der Waals surface area contributed by atoms with Crippen molar-refractivity contribution in [2.75, 3.05) is 20.6 Å². The van der Waals surface area contributed by atoms with E-state index in [0.717, 1.165) is 11.8 Å². The summed E-state index contributed by atoms with van der Waals surface area (Å²) in [4.78, 5) is 2.39. The molecule has 0 aromatic heterocycles. The second kappa shape index (κ2) is 26.8. The maximum Gasteiger partial charge on any atom is -0.00221 e. The monoisotopic (exact) mass is 473 g/mol. The van der Waals surface area contributed by atoms with E-state index in [-0.39, 0.29) is 0 Å². The smallest absolute Gasteiger partial charge is 0.00221 e. The molecule has 0 aromatic rings. The van der Waals surface area contributed by atoms with Crippen LogP contribution in [-0.2, 0) is 0 Å². The lowest BCUT2D eigenvalue weighted by molar-refractivity contribution is 0.231. The second-order valence-electron chi connectivity index (χ2n) is 10.7. The largest absolute Gasteiger partial charge is 0.309 e. The molecule has 0 bridgehead atoms. The van der Waals surface area contributed by atoms with Crippen LogP contribution in [0.3, 0.4) is 0 Å². The molecule has 2 atom stereocenters. The molecule has 0 heterocycles. The summed E-state index contributed by atoms with van der Waals surface area (Å²) in [5.74, 6) is 1.76. The third kappa shape index (κ3) is 22.9. The van der Waals surface area contributed by atoms with Crippen LogP contribution in [0, 0.1) is 11.8 Å². The van der Waals surface area contributed by atoms with E-state index in [4.69, 9.17) is 0 Å². The summed E-state index contributed by atoms with van der Waals surface area (Å²) in [6.07, 6.45) is 39.9. The first-order valence-corrected chi connectivity index (χ1v) is 15.2. The van der Waals surface area contributed by atoms with Gasteiger partial charge in [0.15, 0.2) is 0 Å². The van der Waals surface area contributed by atoms with Crippen LogP contribution in [0.4, 0.5) is 0 Å². The van der Waals surface area contributed by atoms with Crippen molar-refractivity contribution in [1.82, 2.24) is 4.90 Å². The fourth-order valence-corrected chi connectivity index (χ4v) is 4.82. The van der Waals surface area contributed by atoms with Crippen molar-refractivity contribution < 1.29 is 0 Å².